The molecule has 0 radical (unpaired) electrons. The summed E-state index contributed by atoms with van der Waals surface area (Å²) in [6.45, 7) is 5.98. The second kappa shape index (κ2) is 11.4. The van der Waals surface area contributed by atoms with Crippen molar-refractivity contribution in [2.45, 2.75) is 13.0 Å². The number of aliphatic imine (C=N–C) groups is 1. The Labute approximate surface area is 201 Å². The van der Waals surface area contributed by atoms with E-state index >= 15 is 0 Å². The molecular formula is C23H31IN4O3. The summed E-state index contributed by atoms with van der Waals surface area (Å²) in [5.41, 5.74) is 2.46. The molecule has 2 aromatic rings. The average molecular weight is 538 g/mol. The van der Waals surface area contributed by atoms with Crippen LogP contribution in [0.15, 0.2) is 47.5 Å². The van der Waals surface area contributed by atoms with Crippen LogP contribution in [0.5, 0.6) is 17.2 Å². The SMILES string of the molecule is CN=C(NCCc1ccccc1OC)N1CCN(Cc2ccc3c(c2)OCO3)CC1.I. The zero-order valence-corrected chi connectivity index (χ0v) is 20.5. The second-order valence-corrected chi connectivity index (χ2v) is 7.49. The van der Waals surface area contributed by atoms with Crippen LogP contribution in [-0.4, -0.2) is 69.4 Å². The van der Waals surface area contributed by atoms with Gasteiger partial charge in [0.1, 0.15) is 5.75 Å². The monoisotopic (exact) mass is 538 g/mol. The quantitative estimate of drug-likeness (QED) is 0.347. The summed E-state index contributed by atoms with van der Waals surface area (Å²) < 4.78 is 16.3. The van der Waals surface area contributed by atoms with Crippen LogP contribution in [0.1, 0.15) is 11.1 Å². The van der Waals surface area contributed by atoms with Crippen LogP contribution >= 0.6 is 24.0 Å². The van der Waals surface area contributed by atoms with Crippen LogP contribution in [0.4, 0.5) is 0 Å². The third-order valence-corrected chi connectivity index (χ3v) is 5.60. The first-order valence-corrected chi connectivity index (χ1v) is 10.4. The molecule has 2 aliphatic heterocycles. The normalized spacial score (nSPS) is 16.1. The number of piperazine rings is 1. The van der Waals surface area contributed by atoms with Crippen LogP contribution in [0, 0.1) is 0 Å². The predicted octanol–water partition coefficient (Wildman–Crippen LogP) is 2.98. The smallest absolute Gasteiger partial charge is 0.231 e. The molecule has 2 heterocycles. The van der Waals surface area contributed by atoms with E-state index in [-0.39, 0.29) is 24.0 Å². The summed E-state index contributed by atoms with van der Waals surface area (Å²) in [5.74, 6) is 3.59. The van der Waals surface area contributed by atoms with Crippen LogP contribution < -0.4 is 19.5 Å². The van der Waals surface area contributed by atoms with Gasteiger partial charge in [-0.05, 0) is 35.7 Å². The summed E-state index contributed by atoms with van der Waals surface area (Å²) in [7, 11) is 3.57. The molecule has 8 heteroatoms. The van der Waals surface area contributed by atoms with Gasteiger partial charge in [0.15, 0.2) is 17.5 Å². The van der Waals surface area contributed by atoms with Gasteiger partial charge in [-0.25, -0.2) is 0 Å². The highest BCUT2D eigenvalue weighted by molar-refractivity contribution is 14.0. The van der Waals surface area contributed by atoms with E-state index in [1.165, 1.54) is 11.1 Å². The van der Waals surface area contributed by atoms with Crippen molar-refractivity contribution < 1.29 is 14.2 Å². The zero-order chi connectivity index (χ0) is 20.8. The molecule has 0 aliphatic carbocycles. The Hall–Kier alpha value is -2.20. The number of fused-ring (bicyclic) bond motifs is 1. The van der Waals surface area contributed by atoms with Crippen LogP contribution in [-0.2, 0) is 13.0 Å². The highest BCUT2D eigenvalue weighted by Gasteiger charge is 2.21. The fourth-order valence-electron chi connectivity index (χ4n) is 3.97. The van der Waals surface area contributed by atoms with Gasteiger partial charge < -0.3 is 24.4 Å². The van der Waals surface area contributed by atoms with Gasteiger partial charge in [0, 0.05) is 46.3 Å². The Bertz CT molecular complexity index is 885. The van der Waals surface area contributed by atoms with Crippen LogP contribution in [0.3, 0.4) is 0 Å². The minimum Gasteiger partial charge on any atom is -0.496 e. The number of para-hydroxylation sites is 1. The molecule has 0 amide bonds. The number of ether oxygens (including phenoxy) is 3. The maximum Gasteiger partial charge on any atom is 0.231 e. The maximum absolute atomic E-state index is 5.49. The van der Waals surface area contributed by atoms with Gasteiger partial charge in [-0.15, -0.1) is 24.0 Å². The van der Waals surface area contributed by atoms with Crippen molar-refractivity contribution in [3.05, 3.63) is 53.6 Å². The van der Waals surface area contributed by atoms with Crippen molar-refractivity contribution in [1.82, 2.24) is 15.1 Å². The Morgan fingerprint density at radius 3 is 2.61 bits per heavy atom. The van der Waals surface area contributed by atoms with E-state index in [9.17, 15) is 0 Å². The molecule has 4 rings (SSSR count). The van der Waals surface area contributed by atoms with Gasteiger partial charge in [-0.3, -0.25) is 9.89 Å². The van der Waals surface area contributed by atoms with Crippen molar-refractivity contribution in [2.24, 2.45) is 4.99 Å². The molecule has 1 fully saturated rings. The van der Waals surface area contributed by atoms with Gasteiger partial charge >= 0.3 is 0 Å². The minimum atomic E-state index is 0. The molecule has 2 aliphatic rings. The first-order valence-electron chi connectivity index (χ1n) is 10.4. The van der Waals surface area contributed by atoms with Crippen molar-refractivity contribution in [3.8, 4) is 17.2 Å². The fourth-order valence-corrected chi connectivity index (χ4v) is 3.97. The van der Waals surface area contributed by atoms with Crippen LogP contribution in [0.25, 0.3) is 0 Å². The predicted molar refractivity (Wildman–Crippen MR) is 133 cm³/mol. The topological polar surface area (TPSA) is 58.6 Å². The van der Waals surface area contributed by atoms with E-state index < -0.39 is 0 Å². The lowest BCUT2D eigenvalue weighted by Gasteiger charge is -2.36. The molecule has 0 atom stereocenters. The first-order chi connectivity index (χ1) is 14.8. The summed E-state index contributed by atoms with van der Waals surface area (Å²) in [6, 6.07) is 14.4. The number of hydrogen-bond acceptors (Lipinski definition) is 5. The Kier molecular flexibility index (Phi) is 8.65. The van der Waals surface area contributed by atoms with Gasteiger partial charge in [-0.2, -0.15) is 0 Å². The molecule has 0 bridgehead atoms. The molecule has 7 nitrogen and oxygen atoms in total. The standard InChI is InChI=1S/C23H30N4O3.HI/c1-24-23(25-10-9-19-5-3-4-6-20(19)28-2)27-13-11-26(12-14-27)16-18-7-8-21-22(15-18)30-17-29-21;/h3-8,15H,9-14,16-17H2,1-2H3,(H,24,25);1H. The van der Waals surface area contributed by atoms with Gasteiger partial charge in [-0.1, -0.05) is 24.3 Å². The Morgan fingerprint density at radius 2 is 1.84 bits per heavy atom. The lowest BCUT2D eigenvalue weighted by Crippen LogP contribution is -2.52. The summed E-state index contributed by atoms with van der Waals surface area (Å²) in [6.07, 6.45) is 0.896. The number of hydrogen-bond donors (Lipinski definition) is 1. The lowest BCUT2D eigenvalue weighted by molar-refractivity contribution is 0.171. The van der Waals surface area contributed by atoms with Gasteiger partial charge in [0.05, 0.1) is 7.11 Å². The molecule has 0 unspecified atom stereocenters. The highest BCUT2D eigenvalue weighted by Crippen LogP contribution is 2.32. The molecule has 1 N–H and O–H groups in total. The summed E-state index contributed by atoms with van der Waals surface area (Å²) in [5, 5.41) is 3.50. The molecule has 31 heavy (non-hydrogen) atoms. The molecular weight excluding hydrogens is 507 g/mol. The van der Waals surface area contributed by atoms with Gasteiger partial charge in [0.25, 0.3) is 0 Å². The highest BCUT2D eigenvalue weighted by atomic mass is 127. The molecule has 168 valence electrons. The van der Waals surface area contributed by atoms with Crippen molar-refractivity contribution in [1.29, 1.82) is 0 Å². The molecule has 2 aromatic carbocycles. The average Bonchev–Trinajstić information content (AvgIpc) is 3.26. The van der Waals surface area contributed by atoms with E-state index in [1.54, 1.807) is 7.11 Å². The number of methoxy groups -OCH3 is 1. The van der Waals surface area contributed by atoms with E-state index in [4.69, 9.17) is 14.2 Å². The zero-order valence-electron chi connectivity index (χ0n) is 18.2. The van der Waals surface area contributed by atoms with E-state index in [1.807, 2.05) is 31.3 Å². The fraction of sp³-hybridized carbons (Fsp3) is 0.435. The second-order valence-electron chi connectivity index (χ2n) is 7.49. The summed E-state index contributed by atoms with van der Waals surface area (Å²) >= 11 is 0. The van der Waals surface area contributed by atoms with Crippen molar-refractivity contribution in [3.63, 3.8) is 0 Å². The Morgan fingerprint density at radius 1 is 1.06 bits per heavy atom. The van der Waals surface area contributed by atoms with E-state index in [0.29, 0.717) is 6.79 Å². The van der Waals surface area contributed by atoms with Crippen molar-refractivity contribution in [2.75, 3.05) is 53.7 Å². The molecule has 0 spiro atoms. The number of guanidine groups is 1. The number of benzene rings is 2. The maximum atomic E-state index is 5.49. The third-order valence-electron chi connectivity index (χ3n) is 5.60. The summed E-state index contributed by atoms with van der Waals surface area (Å²) in [4.78, 5) is 9.29. The first kappa shape index (κ1) is 23.5. The lowest BCUT2D eigenvalue weighted by atomic mass is 10.1. The number of nitrogens with zero attached hydrogens (tertiary/aromatic N) is 3. The number of halogens is 1. The van der Waals surface area contributed by atoms with Crippen LogP contribution in [0.2, 0.25) is 0 Å². The molecule has 0 aromatic heterocycles. The van der Waals surface area contributed by atoms with E-state index in [2.05, 4.69) is 38.3 Å². The molecule has 0 saturated carbocycles. The Balaban J connectivity index is 0.00000272. The van der Waals surface area contributed by atoms with E-state index in [0.717, 1.165) is 68.9 Å². The largest absolute Gasteiger partial charge is 0.496 e. The number of rotatable bonds is 6. The van der Waals surface area contributed by atoms with Crippen molar-refractivity contribution >= 4 is 29.9 Å². The van der Waals surface area contributed by atoms with Gasteiger partial charge in [0.2, 0.25) is 6.79 Å². The number of nitrogens with one attached hydrogen (secondary N) is 1. The third kappa shape index (κ3) is 5.94. The molecule has 1 saturated heterocycles. The minimum absolute atomic E-state index is 0.